The van der Waals surface area contributed by atoms with Crippen LogP contribution in [0.25, 0.3) is 0 Å². The standard InChI is InChI=1S/C19H18F2O3/c1-2-3-14-4-6-15(7-5-14)19(22)24-17-10-8-16(9-11-17)23-13-12-18(20)21/h4-13,18H,2-3H2,1H3. The summed E-state index contributed by atoms with van der Waals surface area (Å²) >= 11 is 0. The summed E-state index contributed by atoms with van der Waals surface area (Å²) in [7, 11) is 0. The van der Waals surface area contributed by atoms with Gasteiger partial charge in [0, 0.05) is 6.08 Å². The average molecular weight is 332 g/mol. The Morgan fingerprint density at radius 1 is 1.04 bits per heavy atom. The Morgan fingerprint density at radius 2 is 1.67 bits per heavy atom. The quantitative estimate of drug-likeness (QED) is 0.406. The number of alkyl halides is 2. The number of carbonyl (C=O) groups is 1. The van der Waals surface area contributed by atoms with E-state index in [-0.39, 0.29) is 0 Å². The van der Waals surface area contributed by atoms with Gasteiger partial charge in [0.15, 0.2) is 0 Å². The van der Waals surface area contributed by atoms with Gasteiger partial charge in [-0.3, -0.25) is 0 Å². The van der Waals surface area contributed by atoms with E-state index in [0.717, 1.165) is 19.1 Å². The summed E-state index contributed by atoms with van der Waals surface area (Å²) in [6.07, 6.45) is 1.01. The zero-order valence-electron chi connectivity index (χ0n) is 13.2. The van der Waals surface area contributed by atoms with Gasteiger partial charge in [-0.2, -0.15) is 0 Å². The second-order valence-corrected chi connectivity index (χ2v) is 5.09. The molecule has 0 aliphatic rings. The van der Waals surface area contributed by atoms with Gasteiger partial charge in [0.05, 0.1) is 11.8 Å². The van der Waals surface area contributed by atoms with Crippen LogP contribution >= 0.6 is 0 Å². The molecule has 0 atom stereocenters. The average Bonchev–Trinajstić information content (AvgIpc) is 2.57. The minimum atomic E-state index is -2.56. The number of allylic oxidation sites excluding steroid dienone is 1. The van der Waals surface area contributed by atoms with Crippen molar-refractivity contribution in [2.45, 2.75) is 26.2 Å². The molecule has 0 heterocycles. The normalized spacial score (nSPS) is 11.0. The van der Waals surface area contributed by atoms with Gasteiger partial charge in [-0.1, -0.05) is 25.5 Å². The van der Waals surface area contributed by atoms with Crippen LogP contribution in [0.2, 0.25) is 0 Å². The van der Waals surface area contributed by atoms with E-state index in [0.29, 0.717) is 23.1 Å². The third-order valence-electron chi connectivity index (χ3n) is 3.19. The molecule has 0 radical (unpaired) electrons. The van der Waals surface area contributed by atoms with Gasteiger partial charge < -0.3 is 9.47 Å². The van der Waals surface area contributed by atoms with Crippen molar-refractivity contribution in [3.8, 4) is 11.5 Å². The number of halogens is 2. The van der Waals surface area contributed by atoms with Crippen LogP contribution in [0.15, 0.2) is 60.9 Å². The van der Waals surface area contributed by atoms with E-state index in [1.807, 2.05) is 12.1 Å². The number of hydrogen-bond acceptors (Lipinski definition) is 3. The smallest absolute Gasteiger partial charge is 0.343 e. The molecule has 0 spiro atoms. The van der Waals surface area contributed by atoms with Crippen LogP contribution < -0.4 is 9.47 Å². The SMILES string of the molecule is CCCc1ccc(C(=O)Oc2ccc(OC=CC(F)F)cc2)cc1. The molecule has 0 amide bonds. The fraction of sp³-hybridized carbons (Fsp3) is 0.211. The Morgan fingerprint density at radius 3 is 2.25 bits per heavy atom. The van der Waals surface area contributed by atoms with Gasteiger partial charge in [-0.25, -0.2) is 13.6 Å². The van der Waals surface area contributed by atoms with Crippen LogP contribution in [-0.4, -0.2) is 12.4 Å². The lowest BCUT2D eigenvalue weighted by Crippen LogP contribution is -2.08. The Hall–Kier alpha value is -2.69. The van der Waals surface area contributed by atoms with E-state index in [9.17, 15) is 13.6 Å². The van der Waals surface area contributed by atoms with Crippen molar-refractivity contribution >= 4 is 5.97 Å². The van der Waals surface area contributed by atoms with Gasteiger partial charge >= 0.3 is 5.97 Å². The summed E-state index contributed by atoms with van der Waals surface area (Å²) in [5.41, 5.74) is 1.64. The lowest BCUT2D eigenvalue weighted by atomic mass is 10.1. The molecule has 0 aliphatic carbocycles. The maximum Gasteiger partial charge on any atom is 0.343 e. The molecule has 0 saturated carbocycles. The Kier molecular flexibility index (Phi) is 6.49. The summed E-state index contributed by atoms with van der Waals surface area (Å²) in [5, 5.41) is 0. The highest BCUT2D eigenvalue weighted by Gasteiger charge is 2.08. The lowest BCUT2D eigenvalue weighted by Gasteiger charge is -2.06. The largest absolute Gasteiger partial charge is 0.465 e. The fourth-order valence-electron chi connectivity index (χ4n) is 2.03. The monoisotopic (exact) mass is 332 g/mol. The Balaban J connectivity index is 1.94. The molecule has 0 aromatic heterocycles. The molecule has 0 N–H and O–H groups in total. The van der Waals surface area contributed by atoms with E-state index < -0.39 is 12.4 Å². The molecule has 0 fully saturated rings. The van der Waals surface area contributed by atoms with Crippen LogP contribution in [0, 0.1) is 0 Å². The van der Waals surface area contributed by atoms with Crippen LogP contribution in [0.5, 0.6) is 11.5 Å². The highest BCUT2D eigenvalue weighted by molar-refractivity contribution is 5.91. The van der Waals surface area contributed by atoms with E-state index in [4.69, 9.17) is 9.47 Å². The van der Waals surface area contributed by atoms with E-state index >= 15 is 0 Å². The maximum absolute atomic E-state index is 12.1. The van der Waals surface area contributed by atoms with Crippen molar-refractivity contribution in [2.24, 2.45) is 0 Å². The Bertz CT molecular complexity index is 677. The molecule has 2 rings (SSSR count). The predicted molar refractivity (Wildman–Crippen MR) is 87.6 cm³/mol. The first kappa shape index (κ1) is 17.7. The molecule has 2 aromatic carbocycles. The maximum atomic E-state index is 12.1. The minimum absolute atomic E-state index is 0.350. The van der Waals surface area contributed by atoms with Crippen LogP contribution in [0.3, 0.4) is 0 Å². The second kappa shape index (κ2) is 8.82. The highest BCUT2D eigenvalue weighted by Crippen LogP contribution is 2.19. The second-order valence-electron chi connectivity index (χ2n) is 5.09. The molecule has 2 aromatic rings. The number of aryl methyl sites for hydroxylation is 1. The van der Waals surface area contributed by atoms with Crippen molar-refractivity contribution in [1.82, 2.24) is 0 Å². The van der Waals surface area contributed by atoms with Crippen molar-refractivity contribution in [2.75, 3.05) is 0 Å². The molecular weight excluding hydrogens is 314 g/mol. The molecular formula is C19H18F2O3. The van der Waals surface area contributed by atoms with Gasteiger partial charge in [0.1, 0.15) is 11.5 Å². The first-order valence-electron chi connectivity index (χ1n) is 7.61. The summed E-state index contributed by atoms with van der Waals surface area (Å²) in [4.78, 5) is 12.1. The predicted octanol–water partition coefficient (Wildman–Crippen LogP) is 5.02. The molecule has 0 unspecified atom stereocenters. The van der Waals surface area contributed by atoms with Crippen LogP contribution in [0.4, 0.5) is 8.78 Å². The number of rotatable bonds is 7. The van der Waals surface area contributed by atoms with Crippen molar-refractivity contribution in [3.63, 3.8) is 0 Å². The third kappa shape index (κ3) is 5.50. The number of carbonyl (C=O) groups excluding carboxylic acids is 1. The summed E-state index contributed by atoms with van der Waals surface area (Å²) in [6.45, 7) is 2.10. The van der Waals surface area contributed by atoms with Crippen molar-refractivity contribution < 1.29 is 23.0 Å². The van der Waals surface area contributed by atoms with Gasteiger partial charge in [-0.05, 0) is 48.4 Å². The van der Waals surface area contributed by atoms with E-state index in [1.165, 1.54) is 29.8 Å². The zero-order valence-corrected chi connectivity index (χ0v) is 13.2. The Labute approximate surface area is 139 Å². The molecule has 0 bridgehead atoms. The molecule has 24 heavy (non-hydrogen) atoms. The topological polar surface area (TPSA) is 35.5 Å². The molecule has 3 nitrogen and oxygen atoms in total. The minimum Gasteiger partial charge on any atom is -0.465 e. The summed E-state index contributed by atoms with van der Waals surface area (Å²) in [5.74, 6) is 0.266. The van der Waals surface area contributed by atoms with E-state index in [1.54, 1.807) is 12.1 Å². The third-order valence-corrected chi connectivity index (χ3v) is 3.19. The first-order chi connectivity index (χ1) is 11.6. The van der Waals surface area contributed by atoms with Crippen molar-refractivity contribution in [3.05, 3.63) is 72.0 Å². The molecule has 0 saturated heterocycles. The van der Waals surface area contributed by atoms with Crippen LogP contribution in [-0.2, 0) is 6.42 Å². The summed E-state index contributed by atoms with van der Waals surface area (Å²) in [6, 6.07) is 13.4. The fourth-order valence-corrected chi connectivity index (χ4v) is 2.03. The van der Waals surface area contributed by atoms with Gasteiger partial charge in [-0.15, -0.1) is 0 Å². The highest BCUT2D eigenvalue weighted by atomic mass is 19.3. The van der Waals surface area contributed by atoms with Crippen LogP contribution in [0.1, 0.15) is 29.3 Å². The lowest BCUT2D eigenvalue weighted by molar-refractivity contribution is 0.0734. The van der Waals surface area contributed by atoms with Crippen molar-refractivity contribution in [1.29, 1.82) is 0 Å². The van der Waals surface area contributed by atoms with Gasteiger partial charge in [0.2, 0.25) is 0 Å². The molecule has 0 aliphatic heterocycles. The number of benzene rings is 2. The number of ether oxygens (including phenoxy) is 2. The molecule has 5 heteroatoms. The van der Waals surface area contributed by atoms with E-state index in [2.05, 4.69) is 6.92 Å². The number of hydrogen-bond donors (Lipinski definition) is 0. The van der Waals surface area contributed by atoms with Gasteiger partial charge in [0.25, 0.3) is 6.43 Å². The zero-order chi connectivity index (χ0) is 17.4. The molecule has 126 valence electrons. The first-order valence-corrected chi connectivity index (χ1v) is 7.61. The summed E-state index contributed by atoms with van der Waals surface area (Å²) < 4.78 is 34.2. The number of esters is 1.